The van der Waals surface area contributed by atoms with Gasteiger partial charge in [-0.25, -0.2) is 0 Å². The van der Waals surface area contributed by atoms with Crippen molar-refractivity contribution in [2.24, 2.45) is 5.73 Å². The van der Waals surface area contributed by atoms with Gasteiger partial charge in [0.15, 0.2) is 0 Å². The molecule has 1 unspecified atom stereocenters. The van der Waals surface area contributed by atoms with Gasteiger partial charge in [-0.15, -0.1) is 0 Å². The van der Waals surface area contributed by atoms with Gasteiger partial charge in [-0.1, -0.05) is 6.07 Å². The van der Waals surface area contributed by atoms with Gasteiger partial charge in [0, 0.05) is 11.7 Å². The number of H-pyrrole nitrogens is 1. The molecular weight excluding hydrogens is 216 g/mol. The molecule has 17 heavy (non-hydrogen) atoms. The number of rotatable bonds is 4. The first kappa shape index (κ1) is 11.7. The number of hydrogen-bond acceptors (Lipinski definition) is 3. The number of hydrogen-bond donors (Lipinski definition) is 2. The van der Waals surface area contributed by atoms with Crippen LogP contribution in [0, 0.1) is 0 Å². The molecule has 4 heteroatoms. The summed E-state index contributed by atoms with van der Waals surface area (Å²) in [5.74, 6) is -0.346. The number of carbonyl (C=O) groups is 1. The molecule has 0 saturated carbocycles. The van der Waals surface area contributed by atoms with Gasteiger partial charge in [-0.2, -0.15) is 0 Å². The summed E-state index contributed by atoms with van der Waals surface area (Å²) in [6.45, 7) is 2.14. The van der Waals surface area contributed by atoms with Gasteiger partial charge >= 0.3 is 5.97 Å². The topological polar surface area (TPSA) is 68.1 Å². The lowest BCUT2D eigenvalue weighted by atomic mass is 10.1. The zero-order chi connectivity index (χ0) is 12.3. The maximum Gasteiger partial charge on any atom is 0.323 e. The highest BCUT2D eigenvalue weighted by atomic mass is 16.5. The molecule has 0 aliphatic carbocycles. The zero-order valence-corrected chi connectivity index (χ0v) is 9.77. The van der Waals surface area contributed by atoms with E-state index in [2.05, 4.69) is 4.98 Å². The van der Waals surface area contributed by atoms with Crippen LogP contribution in [0.15, 0.2) is 30.5 Å². The number of fused-ring (bicyclic) bond motifs is 1. The van der Waals surface area contributed by atoms with Gasteiger partial charge in [-0.05, 0) is 42.5 Å². The highest BCUT2D eigenvalue weighted by Gasteiger charge is 2.15. The van der Waals surface area contributed by atoms with E-state index in [4.69, 9.17) is 10.5 Å². The molecule has 3 N–H and O–H groups in total. The van der Waals surface area contributed by atoms with Crippen LogP contribution >= 0.6 is 0 Å². The number of esters is 1. The van der Waals surface area contributed by atoms with Crippen LogP contribution in [0.1, 0.15) is 12.5 Å². The van der Waals surface area contributed by atoms with Gasteiger partial charge < -0.3 is 15.5 Å². The lowest BCUT2D eigenvalue weighted by Crippen LogP contribution is -2.34. The fraction of sp³-hybridized carbons (Fsp3) is 0.308. The van der Waals surface area contributed by atoms with E-state index in [1.165, 1.54) is 0 Å². The number of aromatic amines is 1. The van der Waals surface area contributed by atoms with Crippen LogP contribution in [0.25, 0.3) is 10.9 Å². The highest BCUT2D eigenvalue weighted by Crippen LogP contribution is 2.15. The second kappa shape index (κ2) is 5.01. The minimum absolute atomic E-state index is 0.346. The minimum atomic E-state index is -0.591. The van der Waals surface area contributed by atoms with Gasteiger partial charge in [0.05, 0.1) is 6.61 Å². The fourth-order valence-electron chi connectivity index (χ4n) is 1.82. The predicted octanol–water partition coefficient (Wildman–Crippen LogP) is 1.60. The van der Waals surface area contributed by atoms with Crippen LogP contribution in [0.3, 0.4) is 0 Å². The molecular formula is C13H16N2O2. The van der Waals surface area contributed by atoms with Crippen molar-refractivity contribution < 1.29 is 9.53 Å². The molecule has 4 nitrogen and oxygen atoms in total. The van der Waals surface area contributed by atoms with E-state index >= 15 is 0 Å². The lowest BCUT2D eigenvalue weighted by molar-refractivity contribution is -0.144. The van der Waals surface area contributed by atoms with Gasteiger partial charge in [0.2, 0.25) is 0 Å². The first-order chi connectivity index (χ1) is 8.20. The van der Waals surface area contributed by atoms with Crippen LogP contribution in [0.5, 0.6) is 0 Å². The molecule has 0 saturated heterocycles. The van der Waals surface area contributed by atoms with Crippen LogP contribution in [-0.4, -0.2) is 23.6 Å². The number of benzene rings is 1. The van der Waals surface area contributed by atoms with Gasteiger partial charge in [-0.3, -0.25) is 4.79 Å². The van der Waals surface area contributed by atoms with Crippen molar-refractivity contribution in [2.45, 2.75) is 19.4 Å². The Morgan fingerprint density at radius 2 is 2.29 bits per heavy atom. The maximum atomic E-state index is 11.4. The molecule has 1 aromatic carbocycles. The van der Waals surface area contributed by atoms with Crippen molar-refractivity contribution in [3.05, 3.63) is 36.0 Å². The van der Waals surface area contributed by atoms with E-state index in [-0.39, 0.29) is 5.97 Å². The normalized spacial score (nSPS) is 12.6. The molecule has 1 aromatic heterocycles. The third kappa shape index (κ3) is 2.65. The summed E-state index contributed by atoms with van der Waals surface area (Å²) >= 11 is 0. The monoisotopic (exact) mass is 232 g/mol. The second-order valence-electron chi connectivity index (χ2n) is 3.96. The van der Waals surface area contributed by atoms with Crippen molar-refractivity contribution in [1.82, 2.24) is 4.98 Å². The standard InChI is InChI=1S/C13H16N2O2/c1-2-17-13(16)11(14)8-9-3-4-12-10(7-9)5-6-15-12/h3-7,11,15H,2,8,14H2,1H3. The van der Waals surface area contributed by atoms with Crippen molar-refractivity contribution in [2.75, 3.05) is 6.61 Å². The zero-order valence-electron chi connectivity index (χ0n) is 9.77. The molecule has 1 atom stereocenters. The average Bonchev–Trinajstić information content (AvgIpc) is 2.76. The third-order valence-corrected chi connectivity index (χ3v) is 2.66. The summed E-state index contributed by atoms with van der Waals surface area (Å²) in [7, 11) is 0. The van der Waals surface area contributed by atoms with Crippen LogP contribution in [0.2, 0.25) is 0 Å². The number of carbonyl (C=O) groups excluding carboxylic acids is 1. The molecule has 2 aromatic rings. The maximum absolute atomic E-state index is 11.4. The highest BCUT2D eigenvalue weighted by molar-refractivity contribution is 5.80. The van der Waals surface area contributed by atoms with E-state index in [1.807, 2.05) is 30.5 Å². The van der Waals surface area contributed by atoms with Crippen LogP contribution in [0.4, 0.5) is 0 Å². The quantitative estimate of drug-likeness (QED) is 0.787. The van der Waals surface area contributed by atoms with E-state index < -0.39 is 6.04 Å². The molecule has 0 aliphatic rings. The Morgan fingerprint density at radius 3 is 3.06 bits per heavy atom. The Hall–Kier alpha value is -1.81. The molecule has 0 radical (unpaired) electrons. The Kier molecular flexibility index (Phi) is 3.44. The van der Waals surface area contributed by atoms with Crippen molar-refractivity contribution in [1.29, 1.82) is 0 Å². The Morgan fingerprint density at radius 1 is 1.47 bits per heavy atom. The van der Waals surface area contributed by atoms with Crippen molar-refractivity contribution in [3.8, 4) is 0 Å². The fourth-order valence-corrected chi connectivity index (χ4v) is 1.82. The van der Waals surface area contributed by atoms with Crippen molar-refractivity contribution in [3.63, 3.8) is 0 Å². The summed E-state index contributed by atoms with van der Waals surface area (Å²) in [5, 5.41) is 1.12. The molecule has 2 rings (SSSR count). The Labute approximate surface area is 99.8 Å². The Bertz CT molecular complexity index is 519. The summed E-state index contributed by atoms with van der Waals surface area (Å²) < 4.78 is 4.88. The molecule has 0 spiro atoms. The third-order valence-electron chi connectivity index (χ3n) is 2.66. The predicted molar refractivity (Wildman–Crippen MR) is 66.6 cm³/mol. The molecule has 0 amide bonds. The second-order valence-corrected chi connectivity index (χ2v) is 3.96. The summed E-state index contributed by atoms with van der Waals surface area (Å²) in [6.07, 6.45) is 2.39. The average molecular weight is 232 g/mol. The van der Waals surface area contributed by atoms with E-state index in [9.17, 15) is 4.79 Å². The van der Waals surface area contributed by atoms with E-state index in [0.717, 1.165) is 16.5 Å². The first-order valence-electron chi connectivity index (χ1n) is 5.69. The molecule has 1 heterocycles. The molecule has 90 valence electrons. The number of nitrogens with two attached hydrogens (primary N) is 1. The smallest absolute Gasteiger partial charge is 0.323 e. The van der Waals surface area contributed by atoms with Gasteiger partial charge in [0.25, 0.3) is 0 Å². The summed E-state index contributed by atoms with van der Waals surface area (Å²) in [4.78, 5) is 14.5. The van der Waals surface area contributed by atoms with Crippen LogP contribution in [-0.2, 0) is 16.0 Å². The largest absolute Gasteiger partial charge is 0.465 e. The van der Waals surface area contributed by atoms with E-state index in [1.54, 1.807) is 6.92 Å². The Balaban J connectivity index is 2.09. The molecule has 0 fully saturated rings. The number of nitrogens with one attached hydrogen (secondary N) is 1. The number of aromatic nitrogens is 1. The molecule has 0 aliphatic heterocycles. The summed E-state index contributed by atoms with van der Waals surface area (Å²) in [5.41, 5.74) is 7.89. The van der Waals surface area contributed by atoms with Crippen molar-refractivity contribution >= 4 is 16.9 Å². The van der Waals surface area contributed by atoms with Crippen LogP contribution < -0.4 is 5.73 Å². The minimum Gasteiger partial charge on any atom is -0.465 e. The SMILES string of the molecule is CCOC(=O)C(N)Cc1ccc2[nH]ccc2c1. The summed E-state index contributed by atoms with van der Waals surface area (Å²) in [6, 6.07) is 7.39. The molecule has 0 bridgehead atoms. The van der Waals surface area contributed by atoms with Gasteiger partial charge in [0.1, 0.15) is 6.04 Å². The lowest BCUT2D eigenvalue weighted by Gasteiger charge is -2.10. The van der Waals surface area contributed by atoms with E-state index in [0.29, 0.717) is 13.0 Å². The number of ether oxygens (including phenoxy) is 1. The first-order valence-corrected chi connectivity index (χ1v) is 5.69.